The molecule has 5 rings (SSSR count). The van der Waals surface area contributed by atoms with E-state index in [4.69, 9.17) is 0 Å². The summed E-state index contributed by atoms with van der Waals surface area (Å²) in [6, 6.07) is 12.7. The molecule has 26 heavy (non-hydrogen) atoms. The van der Waals surface area contributed by atoms with Crippen LogP contribution in [0.1, 0.15) is 24.4 Å². The zero-order valence-electron chi connectivity index (χ0n) is 14.5. The molecule has 6 nitrogen and oxygen atoms in total. The Morgan fingerprint density at radius 2 is 2.08 bits per heavy atom. The number of benzene rings is 1. The van der Waals surface area contributed by atoms with E-state index in [-0.39, 0.29) is 11.7 Å². The van der Waals surface area contributed by atoms with Gasteiger partial charge in [0.1, 0.15) is 5.65 Å². The number of nitrogens with one attached hydrogen (secondary N) is 2. The van der Waals surface area contributed by atoms with Gasteiger partial charge in [-0.1, -0.05) is 30.3 Å². The summed E-state index contributed by atoms with van der Waals surface area (Å²) in [6.45, 7) is 2.88. The van der Waals surface area contributed by atoms with E-state index in [9.17, 15) is 4.79 Å². The molecule has 1 aromatic carbocycles. The number of H-pyrrole nitrogens is 2. The highest BCUT2D eigenvalue weighted by atomic mass is 16.1. The third-order valence-corrected chi connectivity index (χ3v) is 5.35. The van der Waals surface area contributed by atoms with Crippen LogP contribution in [0.5, 0.6) is 0 Å². The highest BCUT2D eigenvalue weighted by molar-refractivity contribution is 6.00. The molecule has 1 aliphatic heterocycles. The van der Waals surface area contributed by atoms with Crippen LogP contribution < -0.4 is 5.69 Å². The van der Waals surface area contributed by atoms with Crippen LogP contribution in [0, 0.1) is 0 Å². The van der Waals surface area contributed by atoms with Crippen molar-refractivity contribution < 1.29 is 0 Å². The number of nitrogens with zero attached hydrogens (tertiary/aromatic N) is 3. The average Bonchev–Trinajstić information content (AvgIpc) is 3.26. The third-order valence-electron chi connectivity index (χ3n) is 5.35. The van der Waals surface area contributed by atoms with Crippen molar-refractivity contribution in [2.75, 3.05) is 13.1 Å². The van der Waals surface area contributed by atoms with Gasteiger partial charge >= 0.3 is 5.69 Å². The SMILES string of the molecule is O=c1[nH]c2cnc3[nH]ccc3c2n1[C@@H]1CCCN(Cc2ccccc2)C1. The number of aromatic amines is 2. The van der Waals surface area contributed by atoms with Gasteiger partial charge in [0.15, 0.2) is 0 Å². The van der Waals surface area contributed by atoms with Gasteiger partial charge < -0.3 is 9.97 Å². The van der Waals surface area contributed by atoms with E-state index in [0.717, 1.165) is 54.5 Å². The molecule has 4 heterocycles. The van der Waals surface area contributed by atoms with Crippen LogP contribution >= 0.6 is 0 Å². The second-order valence-corrected chi connectivity index (χ2v) is 7.08. The van der Waals surface area contributed by atoms with Crippen molar-refractivity contribution in [1.29, 1.82) is 0 Å². The molecule has 0 saturated carbocycles. The molecular formula is C20H21N5O. The van der Waals surface area contributed by atoms with Crippen molar-refractivity contribution in [3.63, 3.8) is 0 Å². The Kier molecular flexibility index (Phi) is 3.64. The minimum Gasteiger partial charge on any atom is -0.346 e. The fourth-order valence-corrected chi connectivity index (χ4v) is 4.20. The van der Waals surface area contributed by atoms with E-state index in [0.29, 0.717) is 0 Å². The lowest BCUT2D eigenvalue weighted by Gasteiger charge is -2.33. The number of aromatic nitrogens is 4. The molecule has 0 unspecified atom stereocenters. The summed E-state index contributed by atoms with van der Waals surface area (Å²) in [5, 5.41) is 1.00. The predicted molar refractivity (Wildman–Crippen MR) is 102 cm³/mol. The van der Waals surface area contributed by atoms with E-state index >= 15 is 0 Å². The van der Waals surface area contributed by atoms with Gasteiger partial charge in [-0.05, 0) is 31.0 Å². The van der Waals surface area contributed by atoms with Gasteiger partial charge in [0, 0.05) is 24.7 Å². The highest BCUT2D eigenvalue weighted by Crippen LogP contribution is 2.28. The molecular weight excluding hydrogens is 326 g/mol. The third kappa shape index (κ3) is 2.54. The molecule has 1 aliphatic rings. The van der Waals surface area contributed by atoms with Gasteiger partial charge in [-0.15, -0.1) is 0 Å². The van der Waals surface area contributed by atoms with Crippen molar-refractivity contribution in [3.8, 4) is 0 Å². The number of likely N-dealkylation sites (tertiary alicyclic amines) is 1. The second-order valence-electron chi connectivity index (χ2n) is 7.08. The molecule has 0 amide bonds. The normalized spacial score (nSPS) is 18.7. The molecule has 132 valence electrons. The maximum Gasteiger partial charge on any atom is 0.326 e. The maximum atomic E-state index is 12.7. The Bertz CT molecular complexity index is 1110. The molecule has 1 atom stereocenters. The minimum atomic E-state index is -0.0398. The molecule has 0 bridgehead atoms. The maximum absolute atomic E-state index is 12.7. The van der Waals surface area contributed by atoms with Crippen molar-refractivity contribution in [3.05, 3.63) is 64.8 Å². The number of rotatable bonds is 3. The van der Waals surface area contributed by atoms with Gasteiger partial charge in [0.2, 0.25) is 0 Å². The van der Waals surface area contributed by atoms with Crippen LogP contribution in [-0.2, 0) is 6.54 Å². The Morgan fingerprint density at radius 1 is 1.19 bits per heavy atom. The first-order valence-electron chi connectivity index (χ1n) is 9.12. The standard InChI is InChI=1S/C20H21N5O/c26-20-23-17-11-22-19-16(8-9-21-19)18(17)25(20)15-7-4-10-24(13-15)12-14-5-2-1-3-6-14/h1-3,5-6,8-9,11,15H,4,7,10,12-13H2,(H,21,22)(H,23,26)/t15-/m1/s1. The number of fused-ring (bicyclic) bond motifs is 3. The largest absolute Gasteiger partial charge is 0.346 e. The minimum absolute atomic E-state index is 0.0398. The zero-order chi connectivity index (χ0) is 17.5. The molecule has 0 spiro atoms. The Hall–Kier alpha value is -2.86. The van der Waals surface area contributed by atoms with Crippen LogP contribution in [-0.4, -0.2) is 37.5 Å². The molecule has 6 heteroatoms. The highest BCUT2D eigenvalue weighted by Gasteiger charge is 2.25. The molecule has 4 aromatic rings. The van der Waals surface area contributed by atoms with Gasteiger partial charge in [0.25, 0.3) is 0 Å². The van der Waals surface area contributed by atoms with Crippen molar-refractivity contribution in [2.24, 2.45) is 0 Å². The lowest BCUT2D eigenvalue weighted by Crippen LogP contribution is -2.38. The summed E-state index contributed by atoms with van der Waals surface area (Å²) in [7, 11) is 0. The molecule has 1 saturated heterocycles. The summed E-state index contributed by atoms with van der Waals surface area (Å²) in [5.74, 6) is 0. The van der Waals surface area contributed by atoms with Crippen LogP contribution in [0.25, 0.3) is 22.1 Å². The van der Waals surface area contributed by atoms with Crippen molar-refractivity contribution in [1.82, 2.24) is 24.4 Å². The Balaban J connectivity index is 1.52. The Morgan fingerprint density at radius 3 is 2.96 bits per heavy atom. The molecule has 3 aromatic heterocycles. The number of imidazole rings is 1. The van der Waals surface area contributed by atoms with Gasteiger partial charge in [-0.3, -0.25) is 9.47 Å². The van der Waals surface area contributed by atoms with Gasteiger partial charge in [-0.25, -0.2) is 9.78 Å². The second kappa shape index (κ2) is 6.14. The van der Waals surface area contributed by atoms with Gasteiger partial charge in [0.05, 0.1) is 23.3 Å². The first-order valence-corrected chi connectivity index (χ1v) is 9.12. The number of hydrogen-bond acceptors (Lipinski definition) is 3. The first kappa shape index (κ1) is 15.4. The van der Waals surface area contributed by atoms with E-state index in [2.05, 4.69) is 44.1 Å². The van der Waals surface area contributed by atoms with Crippen LogP contribution in [0.4, 0.5) is 0 Å². The van der Waals surface area contributed by atoms with Crippen LogP contribution in [0.3, 0.4) is 0 Å². The van der Waals surface area contributed by atoms with Crippen molar-refractivity contribution in [2.45, 2.75) is 25.4 Å². The summed E-state index contributed by atoms with van der Waals surface area (Å²) in [5.41, 5.74) is 3.87. The zero-order valence-corrected chi connectivity index (χ0v) is 14.5. The average molecular weight is 347 g/mol. The lowest BCUT2D eigenvalue weighted by atomic mass is 10.0. The summed E-state index contributed by atoms with van der Waals surface area (Å²) < 4.78 is 1.95. The Labute approximate surface area is 150 Å². The van der Waals surface area contributed by atoms with E-state index in [1.165, 1.54) is 5.56 Å². The van der Waals surface area contributed by atoms with E-state index < -0.39 is 0 Å². The van der Waals surface area contributed by atoms with E-state index in [1.54, 1.807) is 6.20 Å². The number of hydrogen-bond donors (Lipinski definition) is 2. The van der Waals surface area contributed by atoms with E-state index in [1.807, 2.05) is 22.9 Å². The smallest absolute Gasteiger partial charge is 0.326 e. The van der Waals surface area contributed by atoms with Crippen LogP contribution in [0.15, 0.2) is 53.6 Å². The first-order chi connectivity index (χ1) is 12.8. The number of piperidine rings is 1. The fraction of sp³-hybridized carbons (Fsp3) is 0.300. The van der Waals surface area contributed by atoms with Gasteiger partial charge in [-0.2, -0.15) is 0 Å². The van der Waals surface area contributed by atoms with Crippen molar-refractivity contribution >= 4 is 22.1 Å². The summed E-state index contributed by atoms with van der Waals surface area (Å²) in [4.78, 5) is 25.7. The quantitative estimate of drug-likeness (QED) is 0.598. The molecule has 0 aliphatic carbocycles. The monoisotopic (exact) mass is 347 g/mol. The lowest BCUT2D eigenvalue weighted by molar-refractivity contribution is 0.170. The topological polar surface area (TPSA) is 69.7 Å². The molecule has 2 N–H and O–H groups in total. The molecule has 0 radical (unpaired) electrons. The van der Waals surface area contributed by atoms with Crippen LogP contribution in [0.2, 0.25) is 0 Å². The fourth-order valence-electron chi connectivity index (χ4n) is 4.20. The number of pyridine rings is 1. The summed E-state index contributed by atoms with van der Waals surface area (Å²) >= 11 is 0. The molecule has 1 fully saturated rings. The summed E-state index contributed by atoms with van der Waals surface area (Å²) in [6.07, 6.45) is 5.74. The predicted octanol–water partition coefficient (Wildman–Crippen LogP) is 3.04.